The predicted octanol–water partition coefficient (Wildman–Crippen LogP) is 2.95. The van der Waals surface area contributed by atoms with Crippen molar-refractivity contribution in [2.45, 2.75) is 51.6 Å². The van der Waals surface area contributed by atoms with Gasteiger partial charge in [-0.2, -0.15) is 0 Å². The van der Waals surface area contributed by atoms with E-state index in [1.807, 2.05) is 31.2 Å². The number of hydrogen-bond donors (Lipinski definition) is 3. The quantitative estimate of drug-likeness (QED) is 0.698. The number of hydrogen-bond acceptors (Lipinski definition) is 4. The minimum atomic E-state index is -0.563. The number of urea groups is 1. The Morgan fingerprint density at radius 2 is 1.83 bits per heavy atom. The highest BCUT2D eigenvalue weighted by molar-refractivity contribution is 5.87. The molecule has 0 radical (unpaired) electrons. The van der Waals surface area contributed by atoms with Crippen LogP contribution in [0.1, 0.15) is 51.1 Å². The second-order valence-electron chi connectivity index (χ2n) is 6.30. The molecule has 1 fully saturated rings. The van der Waals surface area contributed by atoms with Crippen molar-refractivity contribution in [2.75, 3.05) is 11.9 Å². The lowest BCUT2D eigenvalue weighted by Crippen LogP contribution is -2.36. The Balaban J connectivity index is 1.81. The van der Waals surface area contributed by atoms with E-state index in [-0.39, 0.29) is 17.9 Å². The molecular formula is C18H27N3O3. The van der Waals surface area contributed by atoms with E-state index in [0.717, 1.165) is 31.2 Å². The summed E-state index contributed by atoms with van der Waals surface area (Å²) in [5.74, 6) is -0.000924. The third kappa shape index (κ3) is 5.23. The number of amides is 2. The minimum absolute atomic E-state index is 0.0532. The van der Waals surface area contributed by atoms with Crippen LogP contribution in [0.3, 0.4) is 0 Å². The zero-order valence-corrected chi connectivity index (χ0v) is 14.4. The molecule has 0 aromatic heterocycles. The van der Waals surface area contributed by atoms with Gasteiger partial charge >= 0.3 is 12.0 Å². The van der Waals surface area contributed by atoms with Gasteiger partial charge < -0.3 is 21.1 Å². The monoisotopic (exact) mass is 333 g/mol. The van der Waals surface area contributed by atoms with Crippen molar-refractivity contribution < 1.29 is 14.3 Å². The van der Waals surface area contributed by atoms with E-state index < -0.39 is 6.03 Å². The first-order valence-corrected chi connectivity index (χ1v) is 8.58. The molecule has 2 amide bonds. The molecule has 1 aromatic rings. The average Bonchev–Trinajstić information content (AvgIpc) is 2.56. The van der Waals surface area contributed by atoms with Crippen molar-refractivity contribution in [3.05, 3.63) is 29.8 Å². The van der Waals surface area contributed by atoms with Gasteiger partial charge in [0.25, 0.3) is 0 Å². The number of esters is 1. The van der Waals surface area contributed by atoms with E-state index in [4.69, 9.17) is 10.5 Å². The summed E-state index contributed by atoms with van der Waals surface area (Å²) in [4.78, 5) is 22.6. The third-order valence-corrected chi connectivity index (χ3v) is 4.51. The van der Waals surface area contributed by atoms with Crippen LogP contribution in [0.15, 0.2) is 24.3 Å². The van der Waals surface area contributed by atoms with Gasteiger partial charge in [0.15, 0.2) is 0 Å². The van der Waals surface area contributed by atoms with Crippen molar-refractivity contribution in [3.8, 4) is 0 Å². The third-order valence-electron chi connectivity index (χ3n) is 4.51. The van der Waals surface area contributed by atoms with Gasteiger partial charge in [-0.1, -0.05) is 12.1 Å². The molecule has 0 saturated heterocycles. The van der Waals surface area contributed by atoms with Crippen LogP contribution in [-0.2, 0) is 9.53 Å². The van der Waals surface area contributed by atoms with Gasteiger partial charge in [0.1, 0.15) is 0 Å². The Morgan fingerprint density at radius 3 is 2.38 bits per heavy atom. The maximum absolute atomic E-state index is 11.8. The summed E-state index contributed by atoms with van der Waals surface area (Å²) in [5.41, 5.74) is 6.94. The number of anilines is 1. The molecule has 1 aliphatic carbocycles. The highest BCUT2D eigenvalue weighted by Gasteiger charge is 2.27. The Bertz CT molecular complexity index is 551. The molecule has 6 heteroatoms. The number of benzene rings is 1. The van der Waals surface area contributed by atoms with Crippen molar-refractivity contribution in [1.29, 1.82) is 0 Å². The fourth-order valence-electron chi connectivity index (χ4n) is 3.20. The summed E-state index contributed by atoms with van der Waals surface area (Å²) in [6.07, 6.45) is 3.72. The number of nitrogens with two attached hydrogens (primary N) is 1. The van der Waals surface area contributed by atoms with Crippen LogP contribution in [0.2, 0.25) is 0 Å². The van der Waals surface area contributed by atoms with Crippen LogP contribution >= 0.6 is 0 Å². The van der Waals surface area contributed by atoms with Crippen molar-refractivity contribution in [3.63, 3.8) is 0 Å². The van der Waals surface area contributed by atoms with Crippen LogP contribution in [-0.4, -0.2) is 24.6 Å². The number of ether oxygens (including phenoxy) is 1. The molecule has 0 aliphatic heterocycles. The van der Waals surface area contributed by atoms with Crippen molar-refractivity contribution in [1.82, 2.24) is 5.32 Å². The number of carbonyl (C=O) groups is 2. The summed E-state index contributed by atoms with van der Waals surface area (Å²) >= 11 is 0. The molecule has 0 heterocycles. The van der Waals surface area contributed by atoms with Crippen LogP contribution in [0.4, 0.5) is 10.5 Å². The van der Waals surface area contributed by atoms with Gasteiger partial charge in [0.2, 0.25) is 0 Å². The maximum atomic E-state index is 11.8. The van der Waals surface area contributed by atoms with Crippen molar-refractivity contribution >= 4 is 17.7 Å². The smallest absolute Gasteiger partial charge is 0.316 e. The van der Waals surface area contributed by atoms with Crippen LogP contribution in [0.25, 0.3) is 0 Å². The van der Waals surface area contributed by atoms with Gasteiger partial charge in [0, 0.05) is 17.8 Å². The zero-order chi connectivity index (χ0) is 17.5. The van der Waals surface area contributed by atoms with Gasteiger partial charge in [-0.05, 0) is 57.2 Å². The first-order chi connectivity index (χ1) is 11.5. The SMILES string of the molecule is CCOC(=O)C1CCC(NC(C)c2ccc(NC(N)=O)cc2)CC1. The van der Waals surface area contributed by atoms with Gasteiger partial charge in [-0.3, -0.25) is 4.79 Å². The first kappa shape index (κ1) is 18.3. The molecule has 2 rings (SSSR count). The minimum Gasteiger partial charge on any atom is -0.466 e. The molecular weight excluding hydrogens is 306 g/mol. The number of nitrogens with one attached hydrogen (secondary N) is 2. The lowest BCUT2D eigenvalue weighted by molar-refractivity contribution is -0.149. The molecule has 1 saturated carbocycles. The molecule has 0 spiro atoms. The summed E-state index contributed by atoms with van der Waals surface area (Å²) in [5, 5.41) is 6.18. The molecule has 1 aliphatic rings. The summed E-state index contributed by atoms with van der Waals surface area (Å²) in [7, 11) is 0. The number of carbonyl (C=O) groups excluding carboxylic acids is 2. The second-order valence-corrected chi connectivity index (χ2v) is 6.30. The Labute approximate surface area is 143 Å². The summed E-state index contributed by atoms with van der Waals surface area (Å²) in [6, 6.07) is 7.70. The molecule has 1 unspecified atom stereocenters. The topological polar surface area (TPSA) is 93.4 Å². The highest BCUT2D eigenvalue weighted by Crippen LogP contribution is 2.27. The average molecular weight is 333 g/mol. The summed E-state index contributed by atoms with van der Waals surface area (Å²) < 4.78 is 5.11. The van der Waals surface area contributed by atoms with E-state index >= 15 is 0 Å². The number of primary amides is 1. The van der Waals surface area contributed by atoms with E-state index in [0.29, 0.717) is 18.3 Å². The normalized spacial score (nSPS) is 21.8. The van der Waals surface area contributed by atoms with E-state index in [1.165, 1.54) is 0 Å². The molecule has 1 aromatic carbocycles. The summed E-state index contributed by atoms with van der Waals surface area (Å²) in [6.45, 7) is 4.42. The molecule has 1 atom stereocenters. The Hall–Kier alpha value is -2.08. The Morgan fingerprint density at radius 1 is 1.21 bits per heavy atom. The lowest BCUT2D eigenvalue weighted by atomic mass is 9.85. The maximum Gasteiger partial charge on any atom is 0.316 e. The largest absolute Gasteiger partial charge is 0.466 e. The molecule has 6 nitrogen and oxygen atoms in total. The molecule has 132 valence electrons. The fraction of sp³-hybridized carbons (Fsp3) is 0.556. The Kier molecular flexibility index (Phi) is 6.61. The highest BCUT2D eigenvalue weighted by atomic mass is 16.5. The molecule has 4 N–H and O–H groups in total. The lowest BCUT2D eigenvalue weighted by Gasteiger charge is -2.30. The molecule has 0 bridgehead atoms. The van der Waals surface area contributed by atoms with Gasteiger partial charge in [0.05, 0.1) is 12.5 Å². The van der Waals surface area contributed by atoms with Crippen LogP contribution < -0.4 is 16.4 Å². The number of rotatable bonds is 6. The first-order valence-electron chi connectivity index (χ1n) is 8.58. The van der Waals surface area contributed by atoms with Crippen LogP contribution in [0, 0.1) is 5.92 Å². The standard InChI is InChI=1S/C18H27N3O3/c1-3-24-17(22)14-6-10-15(11-7-14)20-12(2)13-4-8-16(9-5-13)21-18(19)23/h4-5,8-9,12,14-15,20H,3,6-7,10-11H2,1-2H3,(H3,19,21,23). The zero-order valence-electron chi connectivity index (χ0n) is 14.4. The van der Waals surface area contributed by atoms with Crippen LogP contribution in [0.5, 0.6) is 0 Å². The van der Waals surface area contributed by atoms with E-state index in [9.17, 15) is 9.59 Å². The van der Waals surface area contributed by atoms with Crippen molar-refractivity contribution in [2.24, 2.45) is 11.7 Å². The molecule has 24 heavy (non-hydrogen) atoms. The second kappa shape index (κ2) is 8.68. The fourth-order valence-corrected chi connectivity index (χ4v) is 3.20. The van der Waals surface area contributed by atoms with E-state index in [1.54, 1.807) is 0 Å². The van der Waals surface area contributed by atoms with Gasteiger partial charge in [-0.15, -0.1) is 0 Å². The van der Waals surface area contributed by atoms with E-state index in [2.05, 4.69) is 17.6 Å². The predicted molar refractivity (Wildman–Crippen MR) is 93.6 cm³/mol. The van der Waals surface area contributed by atoms with Gasteiger partial charge in [-0.25, -0.2) is 4.79 Å².